The molecule has 0 aliphatic heterocycles. The van der Waals surface area contributed by atoms with Crippen LogP contribution in [0.5, 0.6) is 0 Å². The predicted octanol–water partition coefficient (Wildman–Crippen LogP) is 3.42. The second-order valence-electron chi connectivity index (χ2n) is 3.99. The Morgan fingerprint density at radius 1 is 1.14 bits per heavy atom. The number of hydrogen-bond donors (Lipinski definition) is 0. The number of benzene rings is 1. The van der Waals surface area contributed by atoms with E-state index in [1.54, 1.807) is 0 Å². The Balaban J connectivity index is 3.44. The maximum Gasteiger partial charge on any atom is 0.0480 e. The molecule has 78 valence electrons. The Bertz CT molecular complexity index is 343. The third-order valence-corrected chi connectivity index (χ3v) is 2.94. The van der Waals surface area contributed by atoms with Gasteiger partial charge in [-0.05, 0) is 43.0 Å². The monoisotopic (exact) mass is 211 g/mol. The number of rotatable bonds is 2. The van der Waals surface area contributed by atoms with Crippen molar-refractivity contribution in [2.75, 3.05) is 19.0 Å². The number of alkyl halides is 1. The summed E-state index contributed by atoms with van der Waals surface area (Å²) in [7, 11) is 4.14. The van der Waals surface area contributed by atoms with Crippen LogP contribution in [0.2, 0.25) is 0 Å². The van der Waals surface area contributed by atoms with Gasteiger partial charge in [0.1, 0.15) is 0 Å². The largest absolute Gasteiger partial charge is 0.377 e. The number of anilines is 1. The summed E-state index contributed by atoms with van der Waals surface area (Å²) < 4.78 is 0. The molecule has 0 aliphatic rings. The molecule has 0 fully saturated rings. The molecule has 0 atom stereocenters. The summed E-state index contributed by atoms with van der Waals surface area (Å²) in [5.41, 5.74) is 6.48. The van der Waals surface area contributed by atoms with Gasteiger partial charge < -0.3 is 4.90 Å². The van der Waals surface area contributed by atoms with Gasteiger partial charge in [0, 0.05) is 25.7 Å². The standard InChI is InChI=1S/C12H18ClN/c1-8-6-9(2)12(14(4)5)10(3)11(8)7-13/h6H,7H2,1-5H3. The van der Waals surface area contributed by atoms with Crippen molar-refractivity contribution in [2.45, 2.75) is 26.7 Å². The van der Waals surface area contributed by atoms with Crippen LogP contribution in [0, 0.1) is 20.8 Å². The van der Waals surface area contributed by atoms with Crippen LogP contribution in [0.4, 0.5) is 5.69 Å². The van der Waals surface area contributed by atoms with Gasteiger partial charge in [-0.1, -0.05) is 6.07 Å². The van der Waals surface area contributed by atoms with Crippen LogP contribution in [-0.4, -0.2) is 14.1 Å². The zero-order chi connectivity index (χ0) is 10.9. The summed E-state index contributed by atoms with van der Waals surface area (Å²) in [5, 5.41) is 0. The van der Waals surface area contributed by atoms with Crippen molar-refractivity contribution in [3.05, 3.63) is 28.3 Å². The average molecular weight is 212 g/mol. The first-order chi connectivity index (χ1) is 6.49. The third kappa shape index (κ3) is 1.88. The molecule has 0 radical (unpaired) electrons. The zero-order valence-electron chi connectivity index (χ0n) is 9.61. The van der Waals surface area contributed by atoms with E-state index in [4.69, 9.17) is 11.6 Å². The summed E-state index contributed by atoms with van der Waals surface area (Å²) in [6.07, 6.45) is 0. The highest BCUT2D eigenvalue weighted by Crippen LogP contribution is 2.29. The molecular weight excluding hydrogens is 194 g/mol. The van der Waals surface area contributed by atoms with Gasteiger partial charge in [-0.15, -0.1) is 11.6 Å². The van der Waals surface area contributed by atoms with E-state index in [9.17, 15) is 0 Å². The molecular formula is C12H18ClN. The fourth-order valence-electron chi connectivity index (χ4n) is 2.11. The second-order valence-corrected chi connectivity index (χ2v) is 4.26. The van der Waals surface area contributed by atoms with E-state index >= 15 is 0 Å². The molecule has 2 heteroatoms. The number of nitrogens with zero attached hydrogens (tertiary/aromatic N) is 1. The average Bonchev–Trinajstić information content (AvgIpc) is 2.02. The lowest BCUT2D eigenvalue weighted by molar-refractivity contribution is 1.07. The molecule has 0 amide bonds. The van der Waals surface area contributed by atoms with Crippen molar-refractivity contribution in [3.8, 4) is 0 Å². The fraction of sp³-hybridized carbons (Fsp3) is 0.500. The SMILES string of the molecule is Cc1cc(C)c(N(C)C)c(C)c1CCl. The fourth-order valence-corrected chi connectivity index (χ4v) is 2.52. The van der Waals surface area contributed by atoms with Gasteiger partial charge >= 0.3 is 0 Å². The first-order valence-electron chi connectivity index (χ1n) is 4.82. The van der Waals surface area contributed by atoms with Crippen LogP contribution < -0.4 is 4.90 Å². The summed E-state index contributed by atoms with van der Waals surface area (Å²) >= 11 is 5.95. The van der Waals surface area contributed by atoms with Crippen molar-refractivity contribution in [1.82, 2.24) is 0 Å². The highest BCUT2D eigenvalue weighted by Gasteiger charge is 2.11. The number of hydrogen-bond acceptors (Lipinski definition) is 1. The van der Waals surface area contributed by atoms with Gasteiger partial charge in [0.25, 0.3) is 0 Å². The van der Waals surface area contributed by atoms with Gasteiger partial charge in [0.15, 0.2) is 0 Å². The molecule has 0 spiro atoms. The molecule has 0 aromatic heterocycles. The predicted molar refractivity (Wildman–Crippen MR) is 64.5 cm³/mol. The van der Waals surface area contributed by atoms with Crippen LogP contribution >= 0.6 is 11.6 Å². The minimum atomic E-state index is 0.596. The molecule has 1 aromatic rings. The van der Waals surface area contributed by atoms with Gasteiger partial charge in [0.2, 0.25) is 0 Å². The zero-order valence-corrected chi connectivity index (χ0v) is 10.4. The van der Waals surface area contributed by atoms with Gasteiger partial charge in [-0.2, -0.15) is 0 Å². The Morgan fingerprint density at radius 3 is 2.14 bits per heavy atom. The third-order valence-electron chi connectivity index (χ3n) is 2.67. The highest BCUT2D eigenvalue weighted by atomic mass is 35.5. The van der Waals surface area contributed by atoms with Gasteiger partial charge in [-0.3, -0.25) is 0 Å². The van der Waals surface area contributed by atoms with E-state index in [-0.39, 0.29) is 0 Å². The first-order valence-corrected chi connectivity index (χ1v) is 5.35. The lowest BCUT2D eigenvalue weighted by atomic mass is 9.98. The van der Waals surface area contributed by atoms with Crippen molar-refractivity contribution in [3.63, 3.8) is 0 Å². The second kappa shape index (κ2) is 4.22. The summed E-state index contributed by atoms with van der Waals surface area (Å²) in [4.78, 5) is 2.15. The molecule has 0 bridgehead atoms. The minimum absolute atomic E-state index is 0.596. The summed E-state index contributed by atoms with van der Waals surface area (Å²) in [6.45, 7) is 6.41. The number of aryl methyl sites for hydroxylation is 2. The van der Waals surface area contributed by atoms with E-state index in [0.717, 1.165) is 0 Å². The molecule has 14 heavy (non-hydrogen) atoms. The molecule has 1 rings (SSSR count). The van der Waals surface area contributed by atoms with Crippen LogP contribution in [-0.2, 0) is 5.88 Å². The summed E-state index contributed by atoms with van der Waals surface area (Å²) in [5.74, 6) is 0.596. The van der Waals surface area contributed by atoms with Crippen molar-refractivity contribution >= 4 is 17.3 Å². The topological polar surface area (TPSA) is 3.24 Å². The number of halogens is 1. The molecule has 0 saturated heterocycles. The van der Waals surface area contributed by atoms with E-state index in [1.807, 2.05) is 0 Å². The Labute approximate surface area is 91.7 Å². The van der Waals surface area contributed by atoms with Crippen molar-refractivity contribution in [1.29, 1.82) is 0 Å². The van der Waals surface area contributed by atoms with E-state index < -0.39 is 0 Å². The first kappa shape index (κ1) is 11.4. The van der Waals surface area contributed by atoms with Crippen LogP contribution in [0.3, 0.4) is 0 Å². The molecule has 0 N–H and O–H groups in total. The molecule has 0 aliphatic carbocycles. The smallest absolute Gasteiger partial charge is 0.0480 e. The molecule has 0 heterocycles. The van der Waals surface area contributed by atoms with Crippen molar-refractivity contribution < 1.29 is 0 Å². The Kier molecular flexibility index (Phi) is 3.43. The lowest BCUT2D eigenvalue weighted by Crippen LogP contribution is -2.13. The van der Waals surface area contributed by atoms with E-state index in [2.05, 4.69) is 45.8 Å². The maximum absolute atomic E-state index is 5.95. The normalized spacial score (nSPS) is 10.4. The Morgan fingerprint density at radius 2 is 1.71 bits per heavy atom. The maximum atomic E-state index is 5.95. The van der Waals surface area contributed by atoms with Crippen molar-refractivity contribution in [2.24, 2.45) is 0 Å². The highest BCUT2D eigenvalue weighted by molar-refractivity contribution is 6.17. The quantitative estimate of drug-likeness (QED) is 0.678. The van der Waals surface area contributed by atoms with E-state index in [0.29, 0.717) is 5.88 Å². The molecule has 0 unspecified atom stereocenters. The lowest BCUT2D eigenvalue weighted by Gasteiger charge is -2.22. The summed E-state index contributed by atoms with van der Waals surface area (Å²) in [6, 6.07) is 2.21. The molecule has 1 aromatic carbocycles. The van der Waals surface area contributed by atoms with Gasteiger partial charge in [-0.25, -0.2) is 0 Å². The van der Waals surface area contributed by atoms with E-state index in [1.165, 1.54) is 27.9 Å². The Hall–Kier alpha value is -0.690. The molecule has 1 nitrogen and oxygen atoms in total. The van der Waals surface area contributed by atoms with Crippen LogP contribution in [0.1, 0.15) is 22.3 Å². The molecule has 0 saturated carbocycles. The minimum Gasteiger partial charge on any atom is -0.377 e. The van der Waals surface area contributed by atoms with Crippen LogP contribution in [0.15, 0.2) is 6.07 Å². The van der Waals surface area contributed by atoms with Gasteiger partial charge in [0.05, 0.1) is 0 Å². The van der Waals surface area contributed by atoms with Crippen LogP contribution in [0.25, 0.3) is 0 Å².